The molecule has 2 aromatic rings. The molecule has 2 heterocycles. The third kappa shape index (κ3) is 1.24. The van der Waals surface area contributed by atoms with Gasteiger partial charge in [0.15, 0.2) is 0 Å². The zero-order chi connectivity index (χ0) is 9.31. The minimum atomic E-state index is -0.201. The second-order valence-corrected chi connectivity index (χ2v) is 3.47. The number of nitrogens with zero attached hydrogens (tertiary/aromatic N) is 2. The Morgan fingerprint density at radius 3 is 2.85 bits per heavy atom. The van der Waals surface area contributed by atoms with Gasteiger partial charge < -0.3 is 9.51 Å². The van der Waals surface area contributed by atoms with Gasteiger partial charge in [0.25, 0.3) is 0 Å². The Labute approximate surface area is 76.0 Å². The van der Waals surface area contributed by atoms with Gasteiger partial charge in [-0.1, -0.05) is 5.16 Å². The molecule has 0 unspecified atom stereocenters. The van der Waals surface area contributed by atoms with Crippen LogP contribution in [-0.4, -0.2) is 15.1 Å². The average molecular weight is 177 g/mol. The van der Waals surface area contributed by atoms with Crippen molar-refractivity contribution < 1.29 is 4.52 Å². The normalized spacial score (nSPS) is 11.8. The molecule has 0 aliphatic carbocycles. The molecule has 1 N–H and O–H groups in total. The van der Waals surface area contributed by atoms with Gasteiger partial charge >= 0.3 is 0 Å². The molecule has 0 atom stereocenters. The fraction of sp³-hybridized carbons (Fsp3) is 0.333. The molecule has 0 spiro atoms. The number of hydrogen-bond acceptors (Lipinski definition) is 3. The van der Waals surface area contributed by atoms with E-state index in [1.165, 1.54) is 0 Å². The van der Waals surface area contributed by atoms with E-state index in [0.29, 0.717) is 0 Å². The first kappa shape index (κ1) is 8.04. The Kier molecular flexibility index (Phi) is 1.69. The van der Waals surface area contributed by atoms with Crippen molar-refractivity contribution in [3.63, 3.8) is 0 Å². The van der Waals surface area contributed by atoms with Crippen LogP contribution < -0.4 is 0 Å². The quantitative estimate of drug-likeness (QED) is 0.759. The minimum absolute atomic E-state index is 0.201. The highest BCUT2D eigenvalue weighted by Crippen LogP contribution is 2.28. The second kappa shape index (κ2) is 2.73. The zero-order valence-corrected chi connectivity index (χ0v) is 7.61. The summed E-state index contributed by atoms with van der Waals surface area (Å²) < 4.78 is 5.12. The van der Waals surface area contributed by atoms with Crippen LogP contribution in [0, 0.1) is 0 Å². The summed E-state index contributed by atoms with van der Waals surface area (Å²) in [4.78, 5) is 7.05. The van der Waals surface area contributed by atoms with Crippen LogP contribution >= 0.6 is 0 Å². The van der Waals surface area contributed by atoms with E-state index in [1.807, 2.05) is 6.07 Å². The van der Waals surface area contributed by atoms with Gasteiger partial charge in [-0.25, -0.2) is 4.98 Å². The van der Waals surface area contributed by atoms with Gasteiger partial charge in [-0.2, -0.15) is 0 Å². The Morgan fingerprint density at radius 2 is 2.31 bits per heavy atom. The van der Waals surface area contributed by atoms with Crippen molar-refractivity contribution >= 4 is 0 Å². The number of rotatable bonds is 2. The topological polar surface area (TPSA) is 54.7 Å². The Bertz CT molecular complexity index is 325. The second-order valence-electron chi connectivity index (χ2n) is 3.47. The molecule has 2 aromatic heterocycles. The molecule has 0 aromatic carbocycles. The average Bonchev–Trinajstić information content (AvgIpc) is 2.78. The minimum Gasteiger partial charge on any atom is -0.360 e. The smallest absolute Gasteiger partial charge is 0.148 e. The fourth-order valence-electron chi connectivity index (χ4n) is 1.27. The van der Waals surface area contributed by atoms with Crippen molar-refractivity contribution in [3.8, 4) is 0 Å². The molecule has 0 aliphatic rings. The summed E-state index contributed by atoms with van der Waals surface area (Å²) in [7, 11) is 0. The summed E-state index contributed by atoms with van der Waals surface area (Å²) in [5, 5.41) is 3.69. The van der Waals surface area contributed by atoms with Gasteiger partial charge in [0.2, 0.25) is 0 Å². The molecule has 2 rings (SSSR count). The summed E-state index contributed by atoms with van der Waals surface area (Å²) in [5.41, 5.74) is 0.816. The van der Waals surface area contributed by atoms with Gasteiger partial charge in [-0.15, -0.1) is 0 Å². The summed E-state index contributed by atoms with van der Waals surface area (Å²) >= 11 is 0. The van der Waals surface area contributed by atoms with Gasteiger partial charge in [-0.3, -0.25) is 0 Å². The highest BCUT2D eigenvalue weighted by molar-refractivity contribution is 5.23. The van der Waals surface area contributed by atoms with Crippen LogP contribution in [0.5, 0.6) is 0 Å². The summed E-state index contributed by atoms with van der Waals surface area (Å²) in [6.45, 7) is 4.11. The number of H-pyrrole nitrogens is 1. The Hall–Kier alpha value is -1.58. The van der Waals surface area contributed by atoms with E-state index in [4.69, 9.17) is 4.52 Å². The number of aromatic amines is 1. The van der Waals surface area contributed by atoms with E-state index in [9.17, 15) is 0 Å². The van der Waals surface area contributed by atoms with E-state index < -0.39 is 0 Å². The molecule has 0 saturated heterocycles. The molecular formula is C9H11N3O. The van der Waals surface area contributed by atoms with Gasteiger partial charge in [-0.05, 0) is 13.8 Å². The number of imidazole rings is 1. The third-order valence-corrected chi connectivity index (χ3v) is 2.23. The SMILES string of the molecule is CC(C)(c1cnc[nH]1)c1ccno1. The van der Waals surface area contributed by atoms with E-state index in [2.05, 4.69) is 29.0 Å². The highest BCUT2D eigenvalue weighted by atomic mass is 16.5. The van der Waals surface area contributed by atoms with Gasteiger partial charge in [0, 0.05) is 18.0 Å². The molecule has 13 heavy (non-hydrogen) atoms. The van der Waals surface area contributed by atoms with Crippen molar-refractivity contribution in [2.45, 2.75) is 19.3 Å². The van der Waals surface area contributed by atoms with Crippen molar-refractivity contribution in [2.75, 3.05) is 0 Å². The Morgan fingerprint density at radius 1 is 1.46 bits per heavy atom. The van der Waals surface area contributed by atoms with Crippen LogP contribution in [0.15, 0.2) is 29.3 Å². The molecular weight excluding hydrogens is 166 g/mol. The molecule has 0 amide bonds. The van der Waals surface area contributed by atoms with E-state index >= 15 is 0 Å². The van der Waals surface area contributed by atoms with Crippen molar-refractivity contribution in [3.05, 3.63) is 36.2 Å². The zero-order valence-electron chi connectivity index (χ0n) is 7.61. The van der Waals surface area contributed by atoms with Crippen LogP contribution in [0.2, 0.25) is 0 Å². The van der Waals surface area contributed by atoms with Crippen LogP contribution in [0.4, 0.5) is 0 Å². The van der Waals surface area contributed by atoms with Crippen molar-refractivity contribution in [2.24, 2.45) is 0 Å². The highest BCUT2D eigenvalue weighted by Gasteiger charge is 2.28. The lowest BCUT2D eigenvalue weighted by Crippen LogP contribution is -2.18. The van der Waals surface area contributed by atoms with Crippen LogP contribution in [0.3, 0.4) is 0 Å². The third-order valence-electron chi connectivity index (χ3n) is 2.23. The first-order valence-corrected chi connectivity index (χ1v) is 4.11. The summed E-state index contributed by atoms with van der Waals surface area (Å²) in [6, 6.07) is 1.86. The first-order chi connectivity index (χ1) is 6.21. The predicted octanol–water partition coefficient (Wildman–Crippen LogP) is 1.72. The molecule has 0 aliphatic heterocycles. The molecule has 4 heteroatoms. The molecule has 0 bridgehead atoms. The van der Waals surface area contributed by atoms with Crippen molar-refractivity contribution in [1.82, 2.24) is 15.1 Å². The lowest BCUT2D eigenvalue weighted by Gasteiger charge is -2.18. The number of nitrogens with one attached hydrogen (secondary N) is 1. The van der Waals surface area contributed by atoms with E-state index in [0.717, 1.165) is 11.5 Å². The van der Waals surface area contributed by atoms with Gasteiger partial charge in [0.05, 0.1) is 17.9 Å². The van der Waals surface area contributed by atoms with Crippen molar-refractivity contribution in [1.29, 1.82) is 0 Å². The van der Waals surface area contributed by atoms with Crippen LogP contribution in [0.25, 0.3) is 0 Å². The maximum absolute atomic E-state index is 5.12. The monoisotopic (exact) mass is 177 g/mol. The standard InChI is InChI=1S/C9H11N3O/c1-9(2,7-5-10-6-11-7)8-3-4-12-13-8/h3-6H,1-2H3,(H,10,11). The van der Waals surface area contributed by atoms with Crippen LogP contribution in [-0.2, 0) is 5.41 Å². The number of aromatic nitrogens is 3. The summed E-state index contributed by atoms with van der Waals surface area (Å²) in [6.07, 6.45) is 5.10. The molecule has 4 nitrogen and oxygen atoms in total. The number of hydrogen-bond donors (Lipinski definition) is 1. The maximum Gasteiger partial charge on any atom is 0.148 e. The fourth-order valence-corrected chi connectivity index (χ4v) is 1.27. The summed E-state index contributed by atoms with van der Waals surface area (Å²) in [5.74, 6) is 0.830. The lowest BCUT2D eigenvalue weighted by molar-refractivity contribution is 0.338. The first-order valence-electron chi connectivity index (χ1n) is 4.11. The van der Waals surface area contributed by atoms with Gasteiger partial charge in [0.1, 0.15) is 5.76 Å². The van der Waals surface area contributed by atoms with E-state index in [1.54, 1.807) is 18.7 Å². The molecule has 0 radical (unpaired) electrons. The maximum atomic E-state index is 5.12. The Balaban J connectivity index is 2.42. The molecule has 0 saturated carbocycles. The lowest BCUT2D eigenvalue weighted by atomic mass is 9.87. The predicted molar refractivity (Wildman–Crippen MR) is 47.2 cm³/mol. The van der Waals surface area contributed by atoms with E-state index in [-0.39, 0.29) is 5.41 Å². The molecule has 0 fully saturated rings. The van der Waals surface area contributed by atoms with Crippen LogP contribution in [0.1, 0.15) is 25.3 Å². The molecule has 68 valence electrons. The largest absolute Gasteiger partial charge is 0.360 e.